The third-order valence-corrected chi connectivity index (χ3v) is 5.90. The predicted octanol–water partition coefficient (Wildman–Crippen LogP) is 4.34. The van der Waals surface area contributed by atoms with E-state index in [0.717, 1.165) is 31.6 Å². The Bertz CT molecular complexity index is 1010. The van der Waals surface area contributed by atoms with Crippen molar-refractivity contribution in [2.24, 2.45) is 0 Å². The molecule has 5 nitrogen and oxygen atoms in total. The van der Waals surface area contributed by atoms with Crippen LogP contribution < -0.4 is 5.32 Å². The van der Waals surface area contributed by atoms with Crippen molar-refractivity contribution in [2.45, 2.75) is 31.8 Å². The maximum atomic E-state index is 12.4. The van der Waals surface area contributed by atoms with Gasteiger partial charge < -0.3 is 5.32 Å². The Kier molecular flexibility index (Phi) is 5.97. The second-order valence-electron chi connectivity index (χ2n) is 7.46. The van der Waals surface area contributed by atoms with Gasteiger partial charge in [-0.25, -0.2) is 4.98 Å². The molecule has 1 aliphatic heterocycles. The quantitative estimate of drug-likeness (QED) is 0.639. The average molecular weight is 409 g/mol. The number of imidazole rings is 1. The van der Waals surface area contributed by atoms with Gasteiger partial charge in [-0.2, -0.15) is 0 Å². The van der Waals surface area contributed by atoms with Crippen LogP contribution in [0.15, 0.2) is 60.8 Å². The van der Waals surface area contributed by atoms with E-state index in [1.54, 1.807) is 12.2 Å². The summed E-state index contributed by atoms with van der Waals surface area (Å²) in [5.74, 6) is -0.0958. The van der Waals surface area contributed by atoms with Crippen LogP contribution >= 0.6 is 11.6 Å². The first-order chi connectivity index (χ1) is 14.1. The van der Waals surface area contributed by atoms with E-state index < -0.39 is 0 Å². The number of carbonyl (C=O) groups excluding carboxylic acids is 1. The van der Waals surface area contributed by atoms with Crippen LogP contribution in [0.4, 0.5) is 0 Å². The van der Waals surface area contributed by atoms with Gasteiger partial charge in [-0.05, 0) is 43.5 Å². The molecule has 1 fully saturated rings. The van der Waals surface area contributed by atoms with Crippen molar-refractivity contribution >= 4 is 29.2 Å². The number of nitrogens with zero attached hydrogens (tertiary/aromatic N) is 3. The summed E-state index contributed by atoms with van der Waals surface area (Å²) in [6.45, 7) is 4.20. The summed E-state index contributed by atoms with van der Waals surface area (Å²) in [4.78, 5) is 19.2. The lowest BCUT2D eigenvalue weighted by Crippen LogP contribution is -2.44. The van der Waals surface area contributed by atoms with Crippen molar-refractivity contribution in [3.05, 3.63) is 77.2 Å². The Labute approximate surface area is 176 Å². The number of hydrogen-bond donors (Lipinski definition) is 1. The molecule has 1 atom stereocenters. The molecule has 0 saturated carbocycles. The summed E-state index contributed by atoms with van der Waals surface area (Å²) < 4.78 is 1.87. The van der Waals surface area contributed by atoms with E-state index in [0.29, 0.717) is 16.9 Å². The first kappa shape index (κ1) is 19.7. The molecule has 2 aromatic heterocycles. The number of aromatic nitrogens is 2. The molecule has 4 rings (SSSR count). The number of rotatable bonds is 5. The summed E-state index contributed by atoms with van der Waals surface area (Å²) in [7, 11) is 0. The van der Waals surface area contributed by atoms with Gasteiger partial charge in [0.2, 0.25) is 5.91 Å². The fraction of sp³-hybridized carbons (Fsp3) is 0.304. The molecular weight excluding hydrogens is 384 g/mol. The number of hydrogen-bond acceptors (Lipinski definition) is 3. The van der Waals surface area contributed by atoms with Crippen LogP contribution in [0, 0.1) is 0 Å². The van der Waals surface area contributed by atoms with Crippen molar-refractivity contribution in [1.29, 1.82) is 0 Å². The van der Waals surface area contributed by atoms with Crippen LogP contribution in [0.3, 0.4) is 0 Å². The monoisotopic (exact) mass is 408 g/mol. The van der Waals surface area contributed by atoms with Crippen molar-refractivity contribution in [2.75, 3.05) is 13.1 Å². The van der Waals surface area contributed by atoms with Gasteiger partial charge in [-0.15, -0.1) is 0 Å². The lowest BCUT2D eigenvalue weighted by Gasteiger charge is -2.36. The summed E-state index contributed by atoms with van der Waals surface area (Å²) >= 11 is 6.22. The zero-order valence-corrected chi connectivity index (χ0v) is 17.2. The number of pyridine rings is 1. The second-order valence-corrected chi connectivity index (χ2v) is 7.81. The fourth-order valence-corrected chi connectivity index (χ4v) is 4.15. The van der Waals surface area contributed by atoms with Crippen LogP contribution in [0.5, 0.6) is 0 Å². The van der Waals surface area contributed by atoms with Crippen LogP contribution in [-0.4, -0.2) is 39.3 Å². The molecule has 0 bridgehead atoms. The van der Waals surface area contributed by atoms with Crippen molar-refractivity contribution in [3.63, 3.8) is 0 Å². The van der Waals surface area contributed by atoms with E-state index in [1.165, 1.54) is 5.56 Å². The SMILES string of the molecule is CC(c1ccccc1)N1CCC(NC(=O)C=Cc2c(Cl)nc3ccccn23)CC1. The number of piperidine rings is 1. The van der Waals surface area contributed by atoms with Gasteiger partial charge in [-0.3, -0.25) is 14.1 Å². The van der Waals surface area contributed by atoms with E-state index in [4.69, 9.17) is 11.6 Å². The molecule has 6 heteroatoms. The highest BCUT2D eigenvalue weighted by Crippen LogP contribution is 2.24. The van der Waals surface area contributed by atoms with E-state index in [1.807, 2.05) is 34.9 Å². The molecular formula is C23H25ClN4O. The van der Waals surface area contributed by atoms with Gasteiger partial charge in [0.15, 0.2) is 5.15 Å². The lowest BCUT2D eigenvalue weighted by molar-refractivity contribution is -0.117. The molecule has 1 unspecified atom stereocenters. The zero-order chi connectivity index (χ0) is 20.2. The van der Waals surface area contributed by atoms with Crippen molar-refractivity contribution in [1.82, 2.24) is 19.6 Å². The molecule has 0 radical (unpaired) electrons. The average Bonchev–Trinajstić information content (AvgIpc) is 3.08. The largest absolute Gasteiger partial charge is 0.350 e. The molecule has 0 spiro atoms. The zero-order valence-electron chi connectivity index (χ0n) is 16.5. The van der Waals surface area contributed by atoms with Crippen molar-refractivity contribution in [3.8, 4) is 0 Å². The Hall–Kier alpha value is -2.63. The highest BCUT2D eigenvalue weighted by atomic mass is 35.5. The Morgan fingerprint density at radius 3 is 2.66 bits per heavy atom. The fourth-order valence-electron chi connectivity index (χ4n) is 3.91. The molecule has 1 N–H and O–H groups in total. The number of halogens is 1. The first-order valence-electron chi connectivity index (χ1n) is 10.0. The molecule has 0 aliphatic carbocycles. The Morgan fingerprint density at radius 2 is 1.90 bits per heavy atom. The molecule has 3 heterocycles. The molecule has 29 heavy (non-hydrogen) atoms. The van der Waals surface area contributed by atoms with Gasteiger partial charge in [0.25, 0.3) is 0 Å². The highest BCUT2D eigenvalue weighted by Gasteiger charge is 2.24. The number of likely N-dealkylation sites (tertiary alicyclic amines) is 1. The molecule has 1 saturated heterocycles. The molecule has 1 amide bonds. The summed E-state index contributed by atoms with van der Waals surface area (Å²) in [6, 6.07) is 16.9. The number of fused-ring (bicyclic) bond motifs is 1. The van der Waals surface area contributed by atoms with E-state index in [2.05, 4.69) is 46.4 Å². The minimum atomic E-state index is -0.0958. The number of nitrogens with one attached hydrogen (secondary N) is 1. The highest BCUT2D eigenvalue weighted by molar-refractivity contribution is 6.31. The van der Waals surface area contributed by atoms with Gasteiger partial charge in [0.1, 0.15) is 5.65 Å². The number of benzene rings is 1. The predicted molar refractivity (Wildman–Crippen MR) is 117 cm³/mol. The van der Waals surface area contributed by atoms with Crippen LogP contribution in [0.2, 0.25) is 5.15 Å². The Balaban J connectivity index is 1.32. The van der Waals surface area contributed by atoms with Crippen LogP contribution in [0.1, 0.15) is 37.1 Å². The number of amides is 1. The molecule has 3 aromatic rings. The summed E-state index contributed by atoms with van der Waals surface area (Å²) in [5.41, 5.74) is 2.81. The smallest absolute Gasteiger partial charge is 0.244 e. The summed E-state index contributed by atoms with van der Waals surface area (Å²) in [5, 5.41) is 3.52. The van der Waals surface area contributed by atoms with Gasteiger partial charge in [0.05, 0.1) is 5.69 Å². The van der Waals surface area contributed by atoms with E-state index in [-0.39, 0.29) is 11.9 Å². The second kappa shape index (κ2) is 8.80. The molecule has 150 valence electrons. The minimum Gasteiger partial charge on any atom is -0.350 e. The first-order valence-corrected chi connectivity index (χ1v) is 10.4. The minimum absolute atomic E-state index is 0.0958. The molecule has 1 aromatic carbocycles. The van der Waals surface area contributed by atoms with Crippen LogP contribution in [-0.2, 0) is 4.79 Å². The third kappa shape index (κ3) is 4.52. The van der Waals surface area contributed by atoms with Gasteiger partial charge >= 0.3 is 0 Å². The standard InChI is InChI=1S/C23H25ClN4O/c1-17(18-7-3-2-4-8-18)27-15-12-19(13-16-27)25-22(29)11-10-20-23(24)26-21-9-5-6-14-28(20)21/h2-11,14,17,19H,12-13,15-16H2,1H3,(H,25,29). The summed E-state index contributed by atoms with van der Waals surface area (Å²) in [6.07, 6.45) is 7.06. The van der Waals surface area contributed by atoms with Crippen LogP contribution in [0.25, 0.3) is 11.7 Å². The topological polar surface area (TPSA) is 49.6 Å². The van der Waals surface area contributed by atoms with E-state index in [9.17, 15) is 4.79 Å². The maximum absolute atomic E-state index is 12.4. The Morgan fingerprint density at radius 1 is 1.17 bits per heavy atom. The third-order valence-electron chi connectivity index (χ3n) is 5.62. The lowest BCUT2D eigenvalue weighted by atomic mass is 10.00. The maximum Gasteiger partial charge on any atom is 0.244 e. The van der Waals surface area contributed by atoms with Gasteiger partial charge in [0, 0.05) is 37.4 Å². The molecule has 1 aliphatic rings. The van der Waals surface area contributed by atoms with Crippen molar-refractivity contribution < 1.29 is 4.79 Å². The van der Waals surface area contributed by atoms with Gasteiger partial charge in [-0.1, -0.05) is 48.0 Å². The normalized spacial score (nSPS) is 17.0. The van der Waals surface area contributed by atoms with E-state index >= 15 is 0 Å². The number of carbonyl (C=O) groups is 1.